The fourth-order valence-electron chi connectivity index (χ4n) is 1.62. The van der Waals surface area contributed by atoms with Crippen molar-refractivity contribution in [1.29, 1.82) is 0 Å². The molecule has 0 aliphatic carbocycles. The molecule has 1 aromatic rings. The second kappa shape index (κ2) is 8.42. The molecule has 1 rings (SSSR count). The number of nitrogens with zero attached hydrogens (tertiary/aromatic N) is 1. The predicted molar refractivity (Wildman–Crippen MR) is 80.1 cm³/mol. The van der Waals surface area contributed by atoms with Crippen LogP contribution in [0.1, 0.15) is 18.9 Å². The van der Waals surface area contributed by atoms with Gasteiger partial charge in [0.2, 0.25) is 0 Å². The van der Waals surface area contributed by atoms with Gasteiger partial charge in [0.1, 0.15) is 5.69 Å². The van der Waals surface area contributed by atoms with Crippen LogP contribution in [-0.2, 0) is 15.3 Å². The summed E-state index contributed by atoms with van der Waals surface area (Å²) in [5.74, 6) is 0.443. The second-order valence-electron chi connectivity index (χ2n) is 4.06. The van der Waals surface area contributed by atoms with Gasteiger partial charge in [0.15, 0.2) is 0 Å². The monoisotopic (exact) mass is 298 g/mol. The fourth-order valence-corrected chi connectivity index (χ4v) is 2.46. The summed E-state index contributed by atoms with van der Waals surface area (Å²) in [6.07, 6.45) is 0.876. The van der Waals surface area contributed by atoms with Crippen LogP contribution in [0.2, 0.25) is 0 Å². The largest absolute Gasteiger partial charge is 0.468 e. The molecular formula is C13H18N2O4S. The zero-order valence-corrected chi connectivity index (χ0v) is 12.4. The fraction of sp³-hybridized carbons (Fsp3) is 0.462. The van der Waals surface area contributed by atoms with Crippen molar-refractivity contribution in [1.82, 2.24) is 0 Å². The van der Waals surface area contributed by atoms with Crippen LogP contribution in [-0.4, -0.2) is 30.3 Å². The number of esters is 1. The van der Waals surface area contributed by atoms with Crippen LogP contribution in [0.25, 0.3) is 0 Å². The van der Waals surface area contributed by atoms with E-state index in [4.69, 9.17) is 0 Å². The van der Waals surface area contributed by atoms with Crippen molar-refractivity contribution in [2.45, 2.75) is 19.1 Å². The smallest absolute Gasteiger partial charge is 0.315 e. The number of para-hydroxylation sites is 1. The first-order valence-electron chi connectivity index (χ1n) is 6.24. The quantitative estimate of drug-likeness (QED) is 0.451. The molecule has 0 radical (unpaired) electrons. The van der Waals surface area contributed by atoms with Crippen molar-refractivity contribution in [2.24, 2.45) is 0 Å². The Morgan fingerprint density at radius 3 is 2.85 bits per heavy atom. The standard InChI is InChI=1S/C13H18N2O4S/c1-3-7-14-13-10(8-20-9-12(16)19-2)5-4-6-11(13)15(17)18/h4-6,14H,3,7-9H2,1-2H3. The molecule has 0 saturated carbocycles. The number of methoxy groups -OCH3 is 1. The van der Waals surface area contributed by atoms with Gasteiger partial charge in [-0.25, -0.2) is 0 Å². The van der Waals surface area contributed by atoms with E-state index >= 15 is 0 Å². The first-order valence-corrected chi connectivity index (χ1v) is 7.40. The van der Waals surface area contributed by atoms with Gasteiger partial charge >= 0.3 is 5.97 Å². The number of nitrogens with one attached hydrogen (secondary N) is 1. The van der Waals surface area contributed by atoms with Crippen LogP contribution in [0, 0.1) is 10.1 Å². The van der Waals surface area contributed by atoms with E-state index in [0.29, 0.717) is 18.0 Å². The number of nitro benzene ring substituents is 1. The third kappa shape index (κ3) is 4.73. The van der Waals surface area contributed by atoms with Crippen molar-refractivity contribution >= 4 is 29.1 Å². The maximum atomic E-state index is 11.1. The number of anilines is 1. The molecule has 0 heterocycles. The van der Waals surface area contributed by atoms with Crippen LogP contribution in [0.5, 0.6) is 0 Å². The second-order valence-corrected chi connectivity index (χ2v) is 5.05. The molecule has 1 aromatic carbocycles. The summed E-state index contributed by atoms with van der Waals surface area (Å²) in [6, 6.07) is 4.96. The molecule has 0 bridgehead atoms. The predicted octanol–water partition coefficient (Wildman–Crippen LogP) is 2.82. The van der Waals surface area contributed by atoms with Gasteiger partial charge in [0.25, 0.3) is 5.69 Å². The van der Waals surface area contributed by atoms with Crippen molar-refractivity contribution < 1.29 is 14.5 Å². The lowest BCUT2D eigenvalue weighted by atomic mass is 10.1. The highest BCUT2D eigenvalue weighted by atomic mass is 32.2. The van der Waals surface area contributed by atoms with Crippen LogP contribution >= 0.6 is 11.8 Å². The zero-order chi connectivity index (χ0) is 15.0. The van der Waals surface area contributed by atoms with E-state index in [1.807, 2.05) is 13.0 Å². The number of rotatable bonds is 8. The number of hydrogen-bond acceptors (Lipinski definition) is 6. The van der Waals surface area contributed by atoms with Gasteiger partial charge < -0.3 is 10.1 Å². The van der Waals surface area contributed by atoms with Crippen LogP contribution in [0.15, 0.2) is 18.2 Å². The lowest BCUT2D eigenvalue weighted by molar-refractivity contribution is -0.384. The normalized spacial score (nSPS) is 10.1. The number of nitro groups is 1. The molecule has 0 spiro atoms. The lowest BCUT2D eigenvalue weighted by Crippen LogP contribution is -2.07. The van der Waals surface area contributed by atoms with Gasteiger partial charge in [0, 0.05) is 18.4 Å². The van der Waals surface area contributed by atoms with Gasteiger partial charge in [-0.2, -0.15) is 0 Å². The average molecular weight is 298 g/mol. The molecule has 0 aliphatic heterocycles. The van der Waals surface area contributed by atoms with Gasteiger partial charge in [0.05, 0.1) is 17.8 Å². The van der Waals surface area contributed by atoms with Gasteiger partial charge in [-0.15, -0.1) is 11.8 Å². The minimum absolute atomic E-state index is 0.0645. The van der Waals surface area contributed by atoms with Gasteiger partial charge in [-0.05, 0) is 12.0 Å². The first kappa shape index (κ1) is 16.3. The van der Waals surface area contributed by atoms with Crippen molar-refractivity contribution in [3.63, 3.8) is 0 Å². The Hall–Kier alpha value is -1.76. The molecule has 0 atom stereocenters. The summed E-state index contributed by atoms with van der Waals surface area (Å²) in [6.45, 7) is 2.66. The van der Waals surface area contributed by atoms with E-state index < -0.39 is 4.92 Å². The Balaban J connectivity index is 2.84. The molecule has 0 aromatic heterocycles. The van der Waals surface area contributed by atoms with Crippen molar-refractivity contribution in [2.75, 3.05) is 24.7 Å². The summed E-state index contributed by atoms with van der Waals surface area (Å²) < 4.78 is 4.56. The van der Waals surface area contributed by atoms with E-state index in [1.54, 1.807) is 6.07 Å². The number of ether oxygens (including phenoxy) is 1. The number of thioether (sulfide) groups is 1. The van der Waals surface area contributed by atoms with Crippen LogP contribution in [0.3, 0.4) is 0 Å². The van der Waals surface area contributed by atoms with E-state index in [1.165, 1.54) is 24.9 Å². The molecule has 0 aliphatic rings. The average Bonchev–Trinajstić information content (AvgIpc) is 2.45. The van der Waals surface area contributed by atoms with Gasteiger partial charge in [-0.3, -0.25) is 14.9 Å². The Morgan fingerprint density at radius 2 is 2.25 bits per heavy atom. The summed E-state index contributed by atoms with van der Waals surface area (Å²) in [4.78, 5) is 21.7. The van der Waals surface area contributed by atoms with E-state index in [9.17, 15) is 14.9 Å². The molecule has 7 heteroatoms. The molecule has 110 valence electrons. The topological polar surface area (TPSA) is 81.5 Å². The lowest BCUT2D eigenvalue weighted by Gasteiger charge is -2.11. The molecule has 20 heavy (non-hydrogen) atoms. The summed E-state index contributed by atoms with van der Waals surface area (Å²) >= 11 is 1.37. The molecule has 0 saturated heterocycles. The van der Waals surface area contributed by atoms with Crippen LogP contribution < -0.4 is 5.32 Å². The van der Waals surface area contributed by atoms with E-state index in [2.05, 4.69) is 10.1 Å². The number of benzene rings is 1. The number of carbonyl (C=O) groups is 1. The highest BCUT2D eigenvalue weighted by Gasteiger charge is 2.17. The zero-order valence-electron chi connectivity index (χ0n) is 11.5. The number of carbonyl (C=O) groups excluding carboxylic acids is 1. The highest BCUT2D eigenvalue weighted by Crippen LogP contribution is 2.30. The highest BCUT2D eigenvalue weighted by molar-refractivity contribution is 7.99. The van der Waals surface area contributed by atoms with E-state index in [-0.39, 0.29) is 17.4 Å². The SMILES string of the molecule is CCCNc1c(CSCC(=O)OC)cccc1[N+](=O)[O-]. The van der Waals surface area contributed by atoms with Crippen molar-refractivity contribution in [3.05, 3.63) is 33.9 Å². The Bertz CT molecular complexity index is 479. The maximum Gasteiger partial charge on any atom is 0.315 e. The van der Waals surface area contributed by atoms with Gasteiger partial charge in [-0.1, -0.05) is 19.1 Å². The number of hydrogen-bond donors (Lipinski definition) is 1. The molecular weight excluding hydrogens is 280 g/mol. The third-order valence-electron chi connectivity index (χ3n) is 2.58. The third-order valence-corrected chi connectivity index (χ3v) is 3.54. The molecule has 0 amide bonds. The molecule has 1 N–H and O–H groups in total. The molecule has 6 nitrogen and oxygen atoms in total. The first-order chi connectivity index (χ1) is 9.60. The van der Waals surface area contributed by atoms with Crippen molar-refractivity contribution in [3.8, 4) is 0 Å². The van der Waals surface area contributed by atoms with E-state index in [0.717, 1.165) is 12.0 Å². The molecule has 0 fully saturated rings. The minimum atomic E-state index is -0.396. The Kier molecular flexibility index (Phi) is 6.86. The van der Waals surface area contributed by atoms with Crippen LogP contribution in [0.4, 0.5) is 11.4 Å². The minimum Gasteiger partial charge on any atom is -0.468 e. The maximum absolute atomic E-state index is 11.1. The molecule has 0 unspecified atom stereocenters. The summed E-state index contributed by atoms with van der Waals surface area (Å²) in [5, 5.41) is 14.1. The summed E-state index contributed by atoms with van der Waals surface area (Å²) in [5.41, 5.74) is 1.42. The Labute approximate surface area is 122 Å². The summed E-state index contributed by atoms with van der Waals surface area (Å²) in [7, 11) is 1.34. The Morgan fingerprint density at radius 1 is 1.50 bits per heavy atom.